The van der Waals surface area contributed by atoms with Crippen molar-refractivity contribution in [1.29, 1.82) is 0 Å². The lowest BCUT2D eigenvalue weighted by Gasteiger charge is -2.42. The summed E-state index contributed by atoms with van der Waals surface area (Å²) in [4.78, 5) is 0. The number of aliphatic hydroxyl groups excluding tert-OH is 1. The fourth-order valence-corrected chi connectivity index (χ4v) is 4.02. The first-order valence-corrected chi connectivity index (χ1v) is 5.27. The van der Waals surface area contributed by atoms with Crippen molar-refractivity contribution in [3.8, 4) is 0 Å². The highest BCUT2D eigenvalue weighted by atomic mass is 32.2. The van der Waals surface area contributed by atoms with Gasteiger partial charge in [0.05, 0.1) is 0 Å². The van der Waals surface area contributed by atoms with Crippen LogP contribution in [-0.4, -0.2) is 28.3 Å². The van der Waals surface area contributed by atoms with Gasteiger partial charge < -0.3 is 10.8 Å². The second-order valence-electron chi connectivity index (χ2n) is 3.68. The van der Waals surface area contributed by atoms with Gasteiger partial charge in [-0.05, 0) is 12.8 Å². The maximum absolute atomic E-state index is 9.14. The van der Waals surface area contributed by atoms with Gasteiger partial charge in [-0.1, -0.05) is 6.42 Å². The minimum atomic E-state index is 0.241. The fraction of sp³-hybridized carbons (Fsp3) is 1.00. The highest BCUT2D eigenvalue weighted by Gasteiger charge is 2.51. The van der Waals surface area contributed by atoms with E-state index in [1.165, 1.54) is 19.3 Å². The summed E-state index contributed by atoms with van der Waals surface area (Å²) < 4.78 is 0.397. The van der Waals surface area contributed by atoms with Crippen LogP contribution in [0.4, 0.5) is 0 Å². The Morgan fingerprint density at radius 2 is 2.27 bits per heavy atom. The van der Waals surface area contributed by atoms with Gasteiger partial charge in [-0.3, -0.25) is 0 Å². The van der Waals surface area contributed by atoms with Gasteiger partial charge in [0.25, 0.3) is 0 Å². The first-order chi connectivity index (χ1) is 5.28. The Labute approximate surface area is 71.5 Å². The van der Waals surface area contributed by atoms with Gasteiger partial charge in [0.1, 0.15) is 0 Å². The lowest BCUT2D eigenvalue weighted by Crippen LogP contribution is -2.45. The molecule has 64 valence electrons. The molecule has 0 aromatic carbocycles. The van der Waals surface area contributed by atoms with E-state index in [-0.39, 0.29) is 12.6 Å². The third kappa shape index (κ3) is 1.02. The molecule has 3 N–H and O–H groups in total. The number of hydrogen-bond acceptors (Lipinski definition) is 3. The van der Waals surface area contributed by atoms with Crippen LogP contribution in [0.15, 0.2) is 0 Å². The maximum Gasteiger partial charge on any atom is 0.0487 e. The van der Waals surface area contributed by atoms with Crippen molar-refractivity contribution in [2.75, 3.05) is 12.4 Å². The molecule has 1 aliphatic heterocycles. The van der Waals surface area contributed by atoms with Crippen LogP contribution in [-0.2, 0) is 0 Å². The molecule has 2 aliphatic rings. The summed E-state index contributed by atoms with van der Waals surface area (Å²) in [6.07, 6.45) is 3.88. The Bertz CT molecular complexity index is 158. The Balaban J connectivity index is 2.10. The van der Waals surface area contributed by atoms with Crippen LogP contribution in [0.5, 0.6) is 0 Å². The quantitative estimate of drug-likeness (QED) is 0.610. The van der Waals surface area contributed by atoms with Crippen molar-refractivity contribution < 1.29 is 5.11 Å². The van der Waals surface area contributed by atoms with Crippen molar-refractivity contribution in [2.45, 2.75) is 30.1 Å². The summed E-state index contributed by atoms with van der Waals surface area (Å²) in [6, 6.07) is 0.241. The summed E-state index contributed by atoms with van der Waals surface area (Å²) in [7, 11) is 0. The van der Waals surface area contributed by atoms with Crippen LogP contribution in [0.2, 0.25) is 0 Å². The molecule has 0 bridgehead atoms. The second kappa shape index (κ2) is 2.64. The summed E-state index contributed by atoms with van der Waals surface area (Å²) >= 11 is 1.99. The number of hydrogen-bond donors (Lipinski definition) is 2. The zero-order valence-electron chi connectivity index (χ0n) is 6.62. The summed E-state index contributed by atoms with van der Waals surface area (Å²) in [5.41, 5.74) is 5.89. The van der Waals surface area contributed by atoms with Crippen LogP contribution >= 0.6 is 11.8 Å². The van der Waals surface area contributed by atoms with E-state index in [4.69, 9.17) is 10.8 Å². The van der Waals surface area contributed by atoms with Gasteiger partial charge >= 0.3 is 0 Å². The molecule has 1 spiro atoms. The molecular formula is C8H15NOS. The van der Waals surface area contributed by atoms with Crippen molar-refractivity contribution in [1.82, 2.24) is 0 Å². The molecule has 2 rings (SSSR count). The normalized spacial score (nSPS) is 40.9. The van der Waals surface area contributed by atoms with Gasteiger partial charge in [-0.25, -0.2) is 0 Å². The number of nitrogens with two attached hydrogens (primary N) is 1. The van der Waals surface area contributed by atoms with Gasteiger partial charge in [-0.15, -0.1) is 0 Å². The third-order valence-corrected chi connectivity index (χ3v) is 4.99. The smallest absolute Gasteiger partial charge is 0.0487 e. The van der Waals surface area contributed by atoms with Crippen molar-refractivity contribution in [3.63, 3.8) is 0 Å². The monoisotopic (exact) mass is 173 g/mol. The predicted octanol–water partition coefficient (Wildman–Crippen LogP) is 0.592. The van der Waals surface area contributed by atoms with E-state index in [1.54, 1.807) is 0 Å². The molecule has 2 fully saturated rings. The Morgan fingerprint density at radius 1 is 1.55 bits per heavy atom. The fourth-order valence-electron chi connectivity index (χ4n) is 2.22. The lowest BCUT2D eigenvalue weighted by atomic mass is 9.73. The van der Waals surface area contributed by atoms with Crippen LogP contribution in [0.25, 0.3) is 0 Å². The van der Waals surface area contributed by atoms with E-state index < -0.39 is 0 Å². The van der Waals surface area contributed by atoms with E-state index >= 15 is 0 Å². The van der Waals surface area contributed by atoms with Crippen molar-refractivity contribution in [2.24, 2.45) is 11.7 Å². The molecule has 0 amide bonds. The number of thioether (sulfide) groups is 1. The zero-order chi connectivity index (χ0) is 7.90. The van der Waals surface area contributed by atoms with Crippen LogP contribution in [0.1, 0.15) is 19.3 Å². The van der Waals surface area contributed by atoms with Crippen molar-refractivity contribution >= 4 is 11.8 Å². The molecule has 0 radical (unpaired) electrons. The molecule has 0 aromatic rings. The Kier molecular flexibility index (Phi) is 1.90. The molecule has 1 aliphatic carbocycles. The summed E-state index contributed by atoms with van der Waals surface area (Å²) in [5, 5.41) is 9.14. The highest BCUT2D eigenvalue weighted by molar-refractivity contribution is 8.01. The van der Waals surface area contributed by atoms with Gasteiger partial charge in [0.15, 0.2) is 0 Å². The predicted molar refractivity (Wildman–Crippen MR) is 47.6 cm³/mol. The van der Waals surface area contributed by atoms with Crippen LogP contribution in [0, 0.1) is 5.92 Å². The van der Waals surface area contributed by atoms with Crippen molar-refractivity contribution in [3.05, 3.63) is 0 Å². The average Bonchev–Trinajstić information content (AvgIpc) is 2.25. The second-order valence-corrected chi connectivity index (χ2v) is 5.12. The molecule has 2 unspecified atom stereocenters. The molecule has 1 heterocycles. The minimum Gasteiger partial charge on any atom is -0.396 e. The molecule has 1 saturated carbocycles. The SMILES string of the molecule is NC1CSC2(CCC2)C1CO. The molecule has 3 heteroatoms. The zero-order valence-corrected chi connectivity index (χ0v) is 7.44. The van der Waals surface area contributed by atoms with Gasteiger partial charge in [-0.2, -0.15) is 11.8 Å². The van der Waals surface area contributed by atoms with Crippen LogP contribution < -0.4 is 5.73 Å². The average molecular weight is 173 g/mol. The topological polar surface area (TPSA) is 46.2 Å². The third-order valence-electron chi connectivity index (χ3n) is 3.15. The van der Waals surface area contributed by atoms with E-state index in [1.807, 2.05) is 11.8 Å². The molecule has 2 atom stereocenters. The van der Waals surface area contributed by atoms with E-state index in [0.29, 0.717) is 10.7 Å². The largest absolute Gasteiger partial charge is 0.396 e. The minimum absolute atomic E-state index is 0.241. The first-order valence-electron chi connectivity index (χ1n) is 4.29. The maximum atomic E-state index is 9.14. The Hall–Kier alpha value is 0.270. The van der Waals surface area contributed by atoms with E-state index in [0.717, 1.165) is 5.75 Å². The summed E-state index contributed by atoms with van der Waals surface area (Å²) in [6.45, 7) is 0.286. The molecule has 1 saturated heterocycles. The molecular weight excluding hydrogens is 158 g/mol. The Morgan fingerprint density at radius 3 is 2.64 bits per heavy atom. The molecule has 2 nitrogen and oxygen atoms in total. The number of rotatable bonds is 1. The molecule has 0 aromatic heterocycles. The van der Waals surface area contributed by atoms with Crippen LogP contribution in [0.3, 0.4) is 0 Å². The van der Waals surface area contributed by atoms with E-state index in [2.05, 4.69) is 0 Å². The summed E-state index contributed by atoms with van der Waals surface area (Å²) in [5.74, 6) is 1.42. The highest BCUT2D eigenvalue weighted by Crippen LogP contribution is 2.54. The number of aliphatic hydroxyl groups is 1. The first kappa shape index (κ1) is 7.90. The van der Waals surface area contributed by atoms with Gasteiger partial charge in [0.2, 0.25) is 0 Å². The lowest BCUT2D eigenvalue weighted by molar-refractivity contribution is 0.143. The standard InChI is InChI=1S/C8H15NOS/c9-7-5-11-8(2-1-3-8)6(7)4-10/h6-7,10H,1-5,9H2. The van der Waals surface area contributed by atoms with E-state index in [9.17, 15) is 0 Å². The van der Waals surface area contributed by atoms with Gasteiger partial charge in [0, 0.05) is 29.1 Å². The molecule has 11 heavy (non-hydrogen) atoms.